The largest absolute Gasteiger partial charge is 0.486 e. The number of carbonyl (C=O) groups is 2. The summed E-state index contributed by atoms with van der Waals surface area (Å²) < 4.78 is 37.8. The highest BCUT2D eigenvalue weighted by molar-refractivity contribution is 7.92. The van der Waals surface area contributed by atoms with E-state index in [1.54, 1.807) is 18.2 Å². The monoisotopic (exact) mass is 531 g/mol. The molecule has 0 saturated carbocycles. The van der Waals surface area contributed by atoms with Crippen LogP contribution in [0.15, 0.2) is 42.5 Å². The van der Waals surface area contributed by atoms with Crippen LogP contribution in [0.4, 0.5) is 5.69 Å². The maximum absolute atomic E-state index is 13.8. The third-order valence-electron chi connectivity index (χ3n) is 6.35. The number of anilines is 1. The van der Waals surface area contributed by atoms with Gasteiger partial charge in [0.25, 0.3) is 0 Å². The number of hydrogen-bond acceptors (Lipinski definition) is 6. The molecule has 0 fully saturated rings. The highest BCUT2D eigenvalue weighted by Gasteiger charge is 2.32. The second-order valence-electron chi connectivity index (χ2n) is 9.35. The zero-order valence-electron chi connectivity index (χ0n) is 22.2. The molecule has 1 N–H and O–H groups in total. The van der Waals surface area contributed by atoms with Crippen molar-refractivity contribution in [2.45, 2.75) is 59.2 Å². The SMILES string of the molecule is CC[C@@H](C)NC(=O)[C@H](CC)N(Cc1ccc(C)cc1)C(=O)CN(c1ccc2c(c1)OCCO2)S(C)(=O)=O. The average molecular weight is 532 g/mol. The second kappa shape index (κ2) is 12.3. The lowest BCUT2D eigenvalue weighted by Gasteiger charge is -2.33. The first-order valence-electron chi connectivity index (χ1n) is 12.6. The lowest BCUT2D eigenvalue weighted by atomic mass is 10.1. The summed E-state index contributed by atoms with van der Waals surface area (Å²) in [7, 11) is -3.84. The molecule has 0 radical (unpaired) electrons. The molecule has 10 heteroatoms. The Morgan fingerprint density at radius 3 is 2.24 bits per heavy atom. The van der Waals surface area contributed by atoms with E-state index in [1.165, 1.54) is 4.90 Å². The van der Waals surface area contributed by atoms with Crippen molar-refractivity contribution < 1.29 is 27.5 Å². The van der Waals surface area contributed by atoms with Gasteiger partial charge in [0.05, 0.1) is 11.9 Å². The van der Waals surface area contributed by atoms with Crippen LogP contribution < -0.4 is 19.1 Å². The zero-order valence-corrected chi connectivity index (χ0v) is 23.0. The van der Waals surface area contributed by atoms with Crippen LogP contribution in [-0.2, 0) is 26.2 Å². The van der Waals surface area contributed by atoms with Gasteiger partial charge in [-0.15, -0.1) is 0 Å². The fourth-order valence-electron chi connectivity index (χ4n) is 4.05. The lowest BCUT2D eigenvalue weighted by molar-refractivity contribution is -0.140. The number of benzene rings is 2. The number of nitrogens with one attached hydrogen (secondary N) is 1. The Bertz CT molecular complexity index is 1200. The summed E-state index contributed by atoms with van der Waals surface area (Å²) in [5, 5.41) is 2.97. The molecule has 2 amide bonds. The van der Waals surface area contributed by atoms with E-state index < -0.39 is 28.5 Å². The van der Waals surface area contributed by atoms with E-state index in [2.05, 4.69) is 5.32 Å². The Hall–Kier alpha value is -3.27. The molecule has 0 bridgehead atoms. The summed E-state index contributed by atoms with van der Waals surface area (Å²) in [5.41, 5.74) is 2.21. The number of nitrogens with zero attached hydrogens (tertiary/aromatic N) is 2. The van der Waals surface area contributed by atoms with E-state index in [4.69, 9.17) is 9.47 Å². The topological polar surface area (TPSA) is 105 Å². The number of hydrogen-bond donors (Lipinski definition) is 1. The molecule has 0 saturated heterocycles. The minimum atomic E-state index is -3.84. The zero-order chi connectivity index (χ0) is 27.2. The summed E-state index contributed by atoms with van der Waals surface area (Å²) in [6, 6.07) is 11.7. The van der Waals surface area contributed by atoms with Crippen molar-refractivity contribution in [1.29, 1.82) is 0 Å². The average Bonchev–Trinajstić information content (AvgIpc) is 2.87. The summed E-state index contributed by atoms with van der Waals surface area (Å²) in [5.74, 6) is 0.193. The normalized spacial score (nSPS) is 14.4. The van der Waals surface area contributed by atoms with Gasteiger partial charge in [0, 0.05) is 18.7 Å². The second-order valence-corrected chi connectivity index (χ2v) is 11.3. The Kier molecular flexibility index (Phi) is 9.42. The molecule has 0 unspecified atom stereocenters. The number of ether oxygens (including phenoxy) is 2. The summed E-state index contributed by atoms with van der Waals surface area (Å²) in [6.45, 7) is 8.15. The standard InChI is InChI=1S/C27H37N3O6S/c1-6-20(4)28-27(32)23(7-2)29(17-21-10-8-19(3)9-11-21)26(31)18-30(37(5,33)34)22-12-13-24-25(16-22)36-15-14-35-24/h8-13,16,20,23H,6-7,14-15,17-18H2,1-5H3,(H,28,32)/t20-,23+/m1/s1. The van der Waals surface area contributed by atoms with E-state index >= 15 is 0 Å². The first kappa shape index (κ1) is 28.3. The van der Waals surface area contributed by atoms with Crippen molar-refractivity contribution in [1.82, 2.24) is 10.2 Å². The minimum absolute atomic E-state index is 0.0527. The summed E-state index contributed by atoms with van der Waals surface area (Å²) in [4.78, 5) is 28.4. The smallest absolute Gasteiger partial charge is 0.244 e. The third kappa shape index (κ3) is 7.38. The molecule has 2 aromatic rings. The van der Waals surface area contributed by atoms with E-state index in [-0.39, 0.29) is 24.2 Å². The number of amides is 2. The van der Waals surface area contributed by atoms with Crippen molar-refractivity contribution in [3.05, 3.63) is 53.6 Å². The molecule has 202 valence electrons. The molecule has 1 aliphatic rings. The number of rotatable bonds is 11. The Morgan fingerprint density at radius 2 is 1.65 bits per heavy atom. The van der Waals surface area contributed by atoms with Crippen molar-refractivity contribution in [3.8, 4) is 11.5 Å². The van der Waals surface area contributed by atoms with E-state index in [1.807, 2.05) is 52.0 Å². The van der Waals surface area contributed by atoms with Gasteiger partial charge in [0.1, 0.15) is 25.8 Å². The predicted molar refractivity (Wildman–Crippen MR) is 143 cm³/mol. The van der Waals surface area contributed by atoms with Gasteiger partial charge >= 0.3 is 0 Å². The highest BCUT2D eigenvalue weighted by atomic mass is 32.2. The van der Waals surface area contributed by atoms with Crippen LogP contribution in [0.1, 0.15) is 44.7 Å². The van der Waals surface area contributed by atoms with Gasteiger partial charge < -0.3 is 19.7 Å². The van der Waals surface area contributed by atoms with Crippen molar-refractivity contribution >= 4 is 27.5 Å². The Balaban J connectivity index is 1.94. The Labute approximate surface area is 219 Å². The molecule has 1 aliphatic heterocycles. The van der Waals surface area contributed by atoms with Gasteiger partial charge in [0.15, 0.2) is 11.5 Å². The molecule has 2 aromatic carbocycles. The first-order valence-corrected chi connectivity index (χ1v) is 14.4. The lowest BCUT2D eigenvalue weighted by Crippen LogP contribution is -2.53. The fraction of sp³-hybridized carbons (Fsp3) is 0.481. The van der Waals surface area contributed by atoms with Gasteiger partial charge in [0.2, 0.25) is 21.8 Å². The maximum Gasteiger partial charge on any atom is 0.244 e. The molecule has 9 nitrogen and oxygen atoms in total. The molecular formula is C27H37N3O6S. The number of aryl methyl sites for hydroxylation is 1. The predicted octanol–water partition coefficient (Wildman–Crippen LogP) is 3.25. The van der Waals surface area contributed by atoms with E-state index in [0.717, 1.165) is 28.1 Å². The van der Waals surface area contributed by atoms with Crippen molar-refractivity contribution in [2.24, 2.45) is 0 Å². The molecular weight excluding hydrogens is 494 g/mol. The van der Waals surface area contributed by atoms with Crippen LogP contribution >= 0.6 is 0 Å². The molecule has 0 spiro atoms. The molecule has 1 heterocycles. The van der Waals surface area contributed by atoms with Crippen LogP contribution in [-0.4, -0.2) is 63.2 Å². The van der Waals surface area contributed by atoms with E-state index in [0.29, 0.717) is 31.1 Å². The summed E-state index contributed by atoms with van der Waals surface area (Å²) >= 11 is 0. The first-order chi connectivity index (χ1) is 17.5. The van der Waals surface area contributed by atoms with Gasteiger partial charge in [-0.05, 0) is 44.4 Å². The van der Waals surface area contributed by atoms with Crippen LogP contribution in [0.3, 0.4) is 0 Å². The molecule has 37 heavy (non-hydrogen) atoms. The highest BCUT2D eigenvalue weighted by Crippen LogP contribution is 2.34. The molecule has 0 aliphatic carbocycles. The van der Waals surface area contributed by atoms with E-state index in [9.17, 15) is 18.0 Å². The minimum Gasteiger partial charge on any atom is -0.486 e. The van der Waals surface area contributed by atoms with Gasteiger partial charge in [-0.3, -0.25) is 13.9 Å². The van der Waals surface area contributed by atoms with Crippen molar-refractivity contribution in [2.75, 3.05) is 30.3 Å². The van der Waals surface area contributed by atoms with Crippen LogP contribution in [0, 0.1) is 6.92 Å². The maximum atomic E-state index is 13.8. The molecule has 3 rings (SSSR count). The number of sulfonamides is 1. The number of carbonyl (C=O) groups excluding carboxylic acids is 2. The fourth-order valence-corrected chi connectivity index (χ4v) is 4.89. The van der Waals surface area contributed by atoms with Crippen molar-refractivity contribution in [3.63, 3.8) is 0 Å². The van der Waals surface area contributed by atoms with Gasteiger partial charge in [-0.25, -0.2) is 8.42 Å². The van der Waals surface area contributed by atoms with Crippen LogP contribution in [0.5, 0.6) is 11.5 Å². The third-order valence-corrected chi connectivity index (χ3v) is 7.49. The van der Waals surface area contributed by atoms with Gasteiger partial charge in [-0.1, -0.05) is 43.7 Å². The number of fused-ring (bicyclic) bond motifs is 1. The van der Waals surface area contributed by atoms with Crippen LogP contribution in [0.25, 0.3) is 0 Å². The quantitative estimate of drug-likeness (QED) is 0.477. The van der Waals surface area contributed by atoms with Gasteiger partial charge in [-0.2, -0.15) is 0 Å². The van der Waals surface area contributed by atoms with Crippen LogP contribution in [0.2, 0.25) is 0 Å². The summed E-state index contributed by atoms with van der Waals surface area (Å²) in [6.07, 6.45) is 2.18. The molecule has 2 atom stereocenters. The molecule has 0 aromatic heterocycles. The Morgan fingerprint density at radius 1 is 1.00 bits per heavy atom.